The summed E-state index contributed by atoms with van der Waals surface area (Å²) in [6.45, 7) is 0.329. The van der Waals surface area contributed by atoms with Gasteiger partial charge in [-0.3, -0.25) is 0 Å². The first-order valence-corrected chi connectivity index (χ1v) is 7.12. The number of rotatable bonds is 3. The van der Waals surface area contributed by atoms with Crippen LogP contribution in [-0.2, 0) is 11.3 Å². The van der Waals surface area contributed by atoms with E-state index in [2.05, 4.69) is 15.3 Å². The van der Waals surface area contributed by atoms with Crippen molar-refractivity contribution >= 4 is 45.2 Å². The Bertz CT molecular complexity index is 785. The van der Waals surface area contributed by atoms with Crippen LogP contribution < -0.4 is 5.73 Å². The number of hydrogen-bond donors (Lipinski definition) is 1. The van der Waals surface area contributed by atoms with E-state index in [1.165, 1.54) is 11.3 Å². The number of nitrogens with zero attached hydrogens (tertiary/aromatic N) is 4. The number of nitrogens with two attached hydrogens (primary N) is 1. The van der Waals surface area contributed by atoms with E-state index in [0.717, 1.165) is 0 Å². The molecular weight excluding hydrogens is 321 g/mol. The molecule has 0 aliphatic heterocycles. The van der Waals surface area contributed by atoms with Gasteiger partial charge in [0.05, 0.1) is 10.7 Å². The highest BCUT2D eigenvalue weighted by molar-refractivity contribution is 7.19. The van der Waals surface area contributed by atoms with Gasteiger partial charge in [0.15, 0.2) is 5.82 Å². The second-order valence-electron chi connectivity index (χ2n) is 4.00. The smallest absolute Gasteiger partial charge is 0.235 e. The molecule has 2 heterocycles. The van der Waals surface area contributed by atoms with Crippen LogP contribution in [0.5, 0.6) is 0 Å². The third kappa shape index (κ3) is 2.22. The fourth-order valence-electron chi connectivity index (χ4n) is 1.75. The summed E-state index contributed by atoms with van der Waals surface area (Å²) in [5.41, 5.74) is 7.10. The van der Waals surface area contributed by atoms with Crippen molar-refractivity contribution < 1.29 is 4.74 Å². The van der Waals surface area contributed by atoms with Crippen LogP contribution in [0.25, 0.3) is 15.5 Å². The van der Waals surface area contributed by atoms with Crippen LogP contribution >= 0.6 is 34.5 Å². The number of hydrogen-bond acceptors (Lipinski definition) is 6. The molecule has 1 aromatic carbocycles. The Morgan fingerprint density at radius 3 is 2.90 bits per heavy atom. The van der Waals surface area contributed by atoms with E-state index in [1.807, 2.05) is 0 Å². The van der Waals surface area contributed by atoms with Gasteiger partial charge in [0.1, 0.15) is 11.6 Å². The molecular formula is C11H9Cl2N5OS. The minimum Gasteiger partial charge on any atom is -0.397 e. The molecule has 6 nitrogen and oxygen atoms in total. The van der Waals surface area contributed by atoms with E-state index in [1.54, 1.807) is 23.8 Å². The van der Waals surface area contributed by atoms with Crippen LogP contribution in [0, 0.1) is 0 Å². The van der Waals surface area contributed by atoms with E-state index >= 15 is 0 Å². The molecule has 0 amide bonds. The van der Waals surface area contributed by atoms with Gasteiger partial charge in [-0.15, -0.1) is 10.2 Å². The van der Waals surface area contributed by atoms with Gasteiger partial charge in [0, 0.05) is 17.7 Å². The molecule has 0 saturated carbocycles. The Morgan fingerprint density at radius 2 is 2.15 bits per heavy atom. The van der Waals surface area contributed by atoms with E-state index < -0.39 is 0 Å². The zero-order valence-corrected chi connectivity index (χ0v) is 12.6. The monoisotopic (exact) mass is 329 g/mol. The van der Waals surface area contributed by atoms with Crippen molar-refractivity contribution in [1.82, 2.24) is 19.8 Å². The number of halogens is 2. The third-order valence-electron chi connectivity index (χ3n) is 2.65. The molecule has 3 aromatic rings. The highest BCUT2D eigenvalue weighted by Crippen LogP contribution is 2.36. The van der Waals surface area contributed by atoms with E-state index in [-0.39, 0.29) is 0 Å². The van der Waals surface area contributed by atoms with Crippen LogP contribution in [0.2, 0.25) is 10.0 Å². The average Bonchev–Trinajstić information content (AvgIpc) is 2.96. The molecule has 3 rings (SSSR count). The minimum absolute atomic E-state index is 0.329. The fraction of sp³-hybridized carbons (Fsp3) is 0.182. The highest BCUT2D eigenvalue weighted by atomic mass is 35.5. The molecule has 0 unspecified atom stereocenters. The molecule has 0 spiro atoms. The van der Waals surface area contributed by atoms with E-state index in [0.29, 0.717) is 43.7 Å². The molecule has 0 atom stereocenters. The molecule has 0 aliphatic carbocycles. The first kappa shape index (κ1) is 13.6. The van der Waals surface area contributed by atoms with Gasteiger partial charge in [0.25, 0.3) is 0 Å². The van der Waals surface area contributed by atoms with Crippen molar-refractivity contribution in [3.63, 3.8) is 0 Å². The zero-order valence-electron chi connectivity index (χ0n) is 10.3. The minimum atomic E-state index is 0.329. The predicted molar refractivity (Wildman–Crippen MR) is 79.2 cm³/mol. The van der Waals surface area contributed by atoms with Crippen molar-refractivity contribution in [2.24, 2.45) is 0 Å². The molecule has 9 heteroatoms. The van der Waals surface area contributed by atoms with Gasteiger partial charge in [-0.25, -0.2) is 0 Å². The standard InChI is InChI=1S/C11H9Cl2N5OS/c1-19-4-8-15-16-11-18(8)17-10(20-11)6-2-5(12)3-7(13)9(6)14/h2-3H,4,14H2,1H3. The Hall–Kier alpha value is -1.41. The normalized spacial score (nSPS) is 11.3. The van der Waals surface area contributed by atoms with E-state index in [9.17, 15) is 0 Å². The van der Waals surface area contributed by atoms with Gasteiger partial charge in [0.2, 0.25) is 4.96 Å². The number of methoxy groups -OCH3 is 1. The number of nitrogen functional groups attached to an aromatic ring is 1. The van der Waals surface area contributed by atoms with Crippen molar-refractivity contribution in [1.29, 1.82) is 0 Å². The van der Waals surface area contributed by atoms with Crippen LogP contribution in [0.1, 0.15) is 5.82 Å². The lowest BCUT2D eigenvalue weighted by atomic mass is 10.2. The lowest BCUT2D eigenvalue weighted by Crippen LogP contribution is -1.98. The highest BCUT2D eigenvalue weighted by Gasteiger charge is 2.16. The summed E-state index contributed by atoms with van der Waals surface area (Å²) in [6, 6.07) is 3.32. The van der Waals surface area contributed by atoms with Crippen LogP contribution in [0.4, 0.5) is 5.69 Å². The van der Waals surface area contributed by atoms with Crippen LogP contribution in [-0.4, -0.2) is 26.9 Å². The maximum absolute atomic E-state index is 6.04. The molecule has 2 aromatic heterocycles. The maximum Gasteiger partial charge on any atom is 0.235 e. The summed E-state index contributed by atoms with van der Waals surface area (Å²) in [6.07, 6.45) is 0. The number of benzene rings is 1. The van der Waals surface area contributed by atoms with Gasteiger partial charge < -0.3 is 10.5 Å². The topological polar surface area (TPSA) is 78.3 Å². The second-order valence-corrected chi connectivity index (χ2v) is 5.80. The molecule has 2 N–H and O–H groups in total. The zero-order chi connectivity index (χ0) is 14.3. The van der Waals surface area contributed by atoms with Gasteiger partial charge >= 0.3 is 0 Å². The summed E-state index contributed by atoms with van der Waals surface area (Å²) in [4.78, 5) is 0.655. The van der Waals surface area contributed by atoms with Gasteiger partial charge in [-0.1, -0.05) is 34.5 Å². The largest absolute Gasteiger partial charge is 0.397 e. The number of aromatic nitrogens is 4. The Labute approximate surface area is 128 Å². The Balaban J connectivity index is 2.15. The Kier molecular flexibility index (Phi) is 3.51. The van der Waals surface area contributed by atoms with Crippen molar-refractivity contribution in [3.8, 4) is 10.6 Å². The maximum atomic E-state index is 6.04. The lowest BCUT2D eigenvalue weighted by molar-refractivity contribution is 0.176. The predicted octanol–water partition coefficient (Wildman–Crippen LogP) is 2.89. The molecule has 104 valence electrons. The van der Waals surface area contributed by atoms with E-state index in [4.69, 9.17) is 33.7 Å². The van der Waals surface area contributed by atoms with Crippen LogP contribution in [0.3, 0.4) is 0 Å². The number of fused-ring (bicyclic) bond motifs is 1. The van der Waals surface area contributed by atoms with Gasteiger partial charge in [-0.2, -0.15) is 9.61 Å². The van der Waals surface area contributed by atoms with Crippen molar-refractivity contribution in [3.05, 3.63) is 28.0 Å². The molecule has 0 aliphatic rings. The average molecular weight is 330 g/mol. The summed E-state index contributed by atoms with van der Waals surface area (Å²) in [5.74, 6) is 0.622. The molecule has 0 bridgehead atoms. The molecule has 20 heavy (non-hydrogen) atoms. The second kappa shape index (κ2) is 5.17. The summed E-state index contributed by atoms with van der Waals surface area (Å²) < 4.78 is 6.67. The third-order valence-corrected chi connectivity index (χ3v) is 4.12. The lowest BCUT2D eigenvalue weighted by Gasteiger charge is -2.04. The van der Waals surface area contributed by atoms with Gasteiger partial charge in [-0.05, 0) is 12.1 Å². The van der Waals surface area contributed by atoms with Crippen LogP contribution in [0.15, 0.2) is 12.1 Å². The molecule has 0 saturated heterocycles. The Morgan fingerprint density at radius 1 is 1.35 bits per heavy atom. The first-order chi connectivity index (χ1) is 9.60. The summed E-state index contributed by atoms with van der Waals surface area (Å²) in [5, 5.41) is 14.0. The van der Waals surface area contributed by atoms with Crippen molar-refractivity contribution in [2.75, 3.05) is 12.8 Å². The number of ether oxygens (including phenoxy) is 1. The molecule has 0 fully saturated rings. The SMILES string of the molecule is COCc1nnc2sc(-c3cc(Cl)cc(Cl)c3N)nn12. The van der Waals surface area contributed by atoms with Crippen molar-refractivity contribution in [2.45, 2.75) is 6.61 Å². The first-order valence-electron chi connectivity index (χ1n) is 5.55. The molecule has 0 radical (unpaired) electrons. The fourth-order valence-corrected chi connectivity index (χ4v) is 3.13. The summed E-state index contributed by atoms with van der Waals surface area (Å²) in [7, 11) is 1.59. The number of anilines is 1. The quantitative estimate of drug-likeness (QED) is 0.747. The summed E-state index contributed by atoms with van der Waals surface area (Å²) >= 11 is 13.4.